The van der Waals surface area contributed by atoms with Crippen LogP contribution in [0.15, 0.2) is 47.9 Å². The Labute approximate surface area is 130 Å². The van der Waals surface area contributed by atoms with Crippen molar-refractivity contribution in [2.75, 3.05) is 5.75 Å². The van der Waals surface area contributed by atoms with Crippen LogP contribution in [0, 0.1) is 0 Å². The summed E-state index contributed by atoms with van der Waals surface area (Å²) in [5.74, 6) is -0.428. The van der Waals surface area contributed by atoms with Crippen LogP contribution in [0.3, 0.4) is 0 Å². The SMILES string of the molecule is CCS(=O)(=O)c1ccccc1C(=O)NC(C)Cn1ccnc1. The minimum Gasteiger partial charge on any atom is -0.348 e. The number of imidazole rings is 1. The molecule has 118 valence electrons. The number of amides is 1. The second kappa shape index (κ2) is 6.74. The lowest BCUT2D eigenvalue weighted by Crippen LogP contribution is -2.36. The normalized spacial score (nSPS) is 12.8. The van der Waals surface area contributed by atoms with Crippen molar-refractivity contribution in [1.29, 1.82) is 0 Å². The van der Waals surface area contributed by atoms with Gasteiger partial charge in [-0.1, -0.05) is 19.1 Å². The summed E-state index contributed by atoms with van der Waals surface area (Å²) in [4.78, 5) is 16.4. The maximum atomic E-state index is 12.4. The van der Waals surface area contributed by atoms with E-state index in [-0.39, 0.29) is 28.2 Å². The Kier molecular flexibility index (Phi) is 4.97. The topological polar surface area (TPSA) is 81.1 Å². The Hall–Kier alpha value is -2.15. The molecule has 22 heavy (non-hydrogen) atoms. The third-order valence-corrected chi connectivity index (χ3v) is 5.05. The van der Waals surface area contributed by atoms with Crippen molar-refractivity contribution < 1.29 is 13.2 Å². The van der Waals surface area contributed by atoms with Crippen molar-refractivity contribution in [2.24, 2.45) is 0 Å². The zero-order chi connectivity index (χ0) is 16.2. The van der Waals surface area contributed by atoms with E-state index < -0.39 is 9.84 Å². The first-order chi connectivity index (χ1) is 10.4. The molecule has 0 aliphatic carbocycles. The molecule has 0 saturated carbocycles. The second-order valence-corrected chi connectivity index (χ2v) is 7.28. The van der Waals surface area contributed by atoms with E-state index in [1.807, 2.05) is 11.5 Å². The van der Waals surface area contributed by atoms with E-state index in [2.05, 4.69) is 10.3 Å². The van der Waals surface area contributed by atoms with Gasteiger partial charge < -0.3 is 9.88 Å². The van der Waals surface area contributed by atoms with Gasteiger partial charge in [-0.15, -0.1) is 0 Å². The summed E-state index contributed by atoms with van der Waals surface area (Å²) in [5, 5.41) is 2.82. The molecule has 1 aromatic carbocycles. The van der Waals surface area contributed by atoms with Gasteiger partial charge in [0, 0.05) is 25.0 Å². The number of rotatable bonds is 6. The summed E-state index contributed by atoms with van der Waals surface area (Å²) in [7, 11) is -3.44. The van der Waals surface area contributed by atoms with E-state index in [1.165, 1.54) is 12.1 Å². The maximum Gasteiger partial charge on any atom is 0.252 e. The lowest BCUT2D eigenvalue weighted by molar-refractivity contribution is 0.0933. The predicted molar refractivity (Wildman–Crippen MR) is 83.3 cm³/mol. The minimum absolute atomic E-state index is 0.0398. The van der Waals surface area contributed by atoms with E-state index >= 15 is 0 Å². The number of nitrogens with one attached hydrogen (secondary N) is 1. The fraction of sp³-hybridized carbons (Fsp3) is 0.333. The Morgan fingerprint density at radius 2 is 2.09 bits per heavy atom. The maximum absolute atomic E-state index is 12.4. The Bertz CT molecular complexity index is 739. The lowest BCUT2D eigenvalue weighted by Gasteiger charge is -2.16. The molecular formula is C15H19N3O3S. The van der Waals surface area contributed by atoms with Crippen molar-refractivity contribution in [3.8, 4) is 0 Å². The highest BCUT2D eigenvalue weighted by molar-refractivity contribution is 7.91. The van der Waals surface area contributed by atoms with E-state index in [0.717, 1.165) is 0 Å². The van der Waals surface area contributed by atoms with E-state index in [9.17, 15) is 13.2 Å². The van der Waals surface area contributed by atoms with Gasteiger partial charge in [0.25, 0.3) is 5.91 Å². The van der Waals surface area contributed by atoms with E-state index in [1.54, 1.807) is 37.8 Å². The zero-order valence-electron chi connectivity index (χ0n) is 12.6. The molecule has 0 aliphatic heterocycles. The number of sulfone groups is 1. The van der Waals surface area contributed by atoms with Crippen molar-refractivity contribution in [3.05, 3.63) is 48.5 Å². The summed E-state index contributed by atoms with van der Waals surface area (Å²) < 4.78 is 26.0. The van der Waals surface area contributed by atoms with Crippen molar-refractivity contribution in [1.82, 2.24) is 14.9 Å². The molecule has 1 N–H and O–H groups in total. The van der Waals surface area contributed by atoms with Crippen LogP contribution < -0.4 is 5.32 Å². The first-order valence-electron chi connectivity index (χ1n) is 7.02. The fourth-order valence-electron chi connectivity index (χ4n) is 2.14. The molecule has 1 amide bonds. The van der Waals surface area contributed by atoms with Gasteiger partial charge in [-0.3, -0.25) is 4.79 Å². The van der Waals surface area contributed by atoms with Gasteiger partial charge in [-0.25, -0.2) is 13.4 Å². The Morgan fingerprint density at radius 3 is 2.73 bits per heavy atom. The first kappa shape index (κ1) is 16.2. The number of nitrogens with zero attached hydrogens (tertiary/aromatic N) is 2. The Morgan fingerprint density at radius 1 is 1.36 bits per heavy atom. The minimum atomic E-state index is -3.44. The summed E-state index contributed by atoms with van der Waals surface area (Å²) in [6.45, 7) is 3.98. The van der Waals surface area contributed by atoms with E-state index in [4.69, 9.17) is 0 Å². The summed E-state index contributed by atoms with van der Waals surface area (Å²) >= 11 is 0. The van der Waals surface area contributed by atoms with Crippen LogP contribution >= 0.6 is 0 Å². The van der Waals surface area contributed by atoms with Gasteiger partial charge in [-0.2, -0.15) is 0 Å². The second-order valence-electron chi connectivity index (χ2n) is 5.03. The van der Waals surface area contributed by atoms with Crippen LogP contribution in [0.5, 0.6) is 0 Å². The number of hydrogen-bond donors (Lipinski definition) is 1. The van der Waals surface area contributed by atoms with Crippen molar-refractivity contribution >= 4 is 15.7 Å². The Balaban J connectivity index is 2.16. The van der Waals surface area contributed by atoms with Gasteiger partial charge in [0.15, 0.2) is 9.84 Å². The van der Waals surface area contributed by atoms with Crippen molar-refractivity contribution in [2.45, 2.75) is 31.3 Å². The van der Waals surface area contributed by atoms with Gasteiger partial charge in [0.05, 0.1) is 22.5 Å². The fourth-order valence-corrected chi connectivity index (χ4v) is 3.23. The highest BCUT2D eigenvalue weighted by atomic mass is 32.2. The molecule has 1 aromatic heterocycles. The highest BCUT2D eigenvalue weighted by Gasteiger charge is 2.21. The van der Waals surface area contributed by atoms with Gasteiger partial charge in [0.2, 0.25) is 0 Å². The monoisotopic (exact) mass is 321 g/mol. The molecule has 0 fully saturated rings. The van der Waals surface area contributed by atoms with E-state index in [0.29, 0.717) is 6.54 Å². The number of carbonyl (C=O) groups is 1. The average Bonchev–Trinajstić information content (AvgIpc) is 3.00. The van der Waals surface area contributed by atoms with Crippen LogP contribution in [0.4, 0.5) is 0 Å². The van der Waals surface area contributed by atoms with Crippen LogP contribution in [0.25, 0.3) is 0 Å². The first-order valence-corrected chi connectivity index (χ1v) is 8.67. The number of carbonyl (C=O) groups excluding carboxylic acids is 1. The number of hydrogen-bond acceptors (Lipinski definition) is 4. The molecule has 7 heteroatoms. The molecule has 1 unspecified atom stereocenters. The summed E-state index contributed by atoms with van der Waals surface area (Å²) in [6, 6.07) is 6.12. The van der Waals surface area contributed by atoms with Gasteiger partial charge in [-0.05, 0) is 19.1 Å². The molecule has 0 saturated heterocycles. The molecule has 0 spiro atoms. The predicted octanol–water partition coefficient (Wildman–Crippen LogP) is 1.50. The standard InChI is InChI=1S/C15H19N3O3S/c1-3-22(20,21)14-7-5-4-6-13(14)15(19)17-12(2)10-18-9-8-16-11-18/h4-9,11-12H,3,10H2,1-2H3,(H,17,19). The molecule has 1 atom stereocenters. The third kappa shape index (κ3) is 3.73. The smallest absolute Gasteiger partial charge is 0.252 e. The molecule has 2 aromatic rings. The van der Waals surface area contributed by atoms with Gasteiger partial charge >= 0.3 is 0 Å². The average molecular weight is 321 g/mol. The largest absolute Gasteiger partial charge is 0.348 e. The lowest BCUT2D eigenvalue weighted by atomic mass is 10.2. The number of benzene rings is 1. The number of aromatic nitrogens is 2. The van der Waals surface area contributed by atoms with Crippen LogP contribution in [0.1, 0.15) is 24.2 Å². The molecule has 2 rings (SSSR count). The third-order valence-electron chi connectivity index (χ3n) is 3.27. The highest BCUT2D eigenvalue weighted by Crippen LogP contribution is 2.17. The quantitative estimate of drug-likeness (QED) is 0.874. The van der Waals surface area contributed by atoms with Crippen LogP contribution in [-0.4, -0.2) is 35.7 Å². The molecule has 0 aliphatic rings. The summed E-state index contributed by atoms with van der Waals surface area (Å²) in [6.07, 6.45) is 5.13. The zero-order valence-corrected chi connectivity index (χ0v) is 13.4. The summed E-state index contributed by atoms with van der Waals surface area (Å²) in [5.41, 5.74) is 0.182. The van der Waals surface area contributed by atoms with Gasteiger partial charge in [0.1, 0.15) is 0 Å². The van der Waals surface area contributed by atoms with Crippen molar-refractivity contribution in [3.63, 3.8) is 0 Å². The molecule has 0 bridgehead atoms. The molecular weight excluding hydrogens is 302 g/mol. The molecule has 1 heterocycles. The molecule has 0 radical (unpaired) electrons. The molecule has 6 nitrogen and oxygen atoms in total. The van der Waals surface area contributed by atoms with Crippen LogP contribution in [0.2, 0.25) is 0 Å². The van der Waals surface area contributed by atoms with Crippen LogP contribution in [-0.2, 0) is 16.4 Å².